The first-order valence-electron chi connectivity index (χ1n) is 8.35. The molecule has 2 aromatic carbocycles. The summed E-state index contributed by atoms with van der Waals surface area (Å²) in [5.74, 6) is 0.556. The Labute approximate surface area is 183 Å². The van der Waals surface area contributed by atoms with Crippen LogP contribution in [0.15, 0.2) is 60.2 Å². The van der Waals surface area contributed by atoms with Gasteiger partial charge in [-0.25, -0.2) is 11.6 Å². The molecular weight excluding hydrogens is 411 g/mol. The van der Waals surface area contributed by atoms with Crippen molar-refractivity contribution in [1.29, 1.82) is 0 Å². The van der Waals surface area contributed by atoms with Crippen molar-refractivity contribution in [3.63, 3.8) is 0 Å². The molecule has 0 bridgehead atoms. The number of rotatable bonds is 0. The van der Waals surface area contributed by atoms with E-state index in [-0.39, 0.29) is 31.0 Å². The molecule has 0 saturated heterocycles. The van der Waals surface area contributed by atoms with Gasteiger partial charge in [-0.1, -0.05) is 55.2 Å². The first kappa shape index (κ1) is 25.4. The first-order valence-corrected chi connectivity index (χ1v) is 13.2. The number of hydrogen-bond donors (Lipinski definition) is 0. The van der Waals surface area contributed by atoms with Crippen LogP contribution in [0, 0.1) is 18.1 Å². The minimum Gasteiger partial charge on any atom is -1.00 e. The van der Waals surface area contributed by atoms with Crippen molar-refractivity contribution in [2.24, 2.45) is 5.92 Å². The van der Waals surface area contributed by atoms with Crippen LogP contribution in [0.2, 0.25) is 13.1 Å². The maximum absolute atomic E-state index is 3.30. The Balaban J connectivity index is 0.000000415. The fraction of sp³-hybridized carbons (Fsp3) is 0.273. The maximum atomic E-state index is 3.30. The Morgan fingerprint density at radius 1 is 1.04 bits per heavy atom. The van der Waals surface area contributed by atoms with Crippen molar-refractivity contribution in [2.45, 2.75) is 33.4 Å². The second kappa shape index (κ2) is 12.8. The summed E-state index contributed by atoms with van der Waals surface area (Å²) < 4.78 is 0. The van der Waals surface area contributed by atoms with Gasteiger partial charge in [-0.3, -0.25) is 6.08 Å². The summed E-state index contributed by atoms with van der Waals surface area (Å²) in [6.45, 7) is 8.74. The molecule has 2 aliphatic rings. The molecule has 0 heterocycles. The Kier molecular flexibility index (Phi) is 12.5. The molecule has 1 atom stereocenters. The van der Waals surface area contributed by atoms with Gasteiger partial charge >= 0.3 is 38.5 Å². The second-order valence-electron chi connectivity index (χ2n) is 6.37. The van der Waals surface area contributed by atoms with E-state index in [1.807, 2.05) is 6.07 Å². The van der Waals surface area contributed by atoms with Crippen LogP contribution in [-0.2, 0) is 25.6 Å². The fourth-order valence-electron chi connectivity index (χ4n) is 2.74. The van der Waals surface area contributed by atoms with E-state index in [4.69, 9.17) is 0 Å². The summed E-state index contributed by atoms with van der Waals surface area (Å²) in [6, 6.07) is 18.1. The van der Waals surface area contributed by atoms with Crippen LogP contribution < -0.4 is 24.8 Å². The predicted octanol–water partition coefficient (Wildman–Crippen LogP) is -0.208. The molecule has 0 aliphatic heterocycles. The van der Waals surface area contributed by atoms with Gasteiger partial charge in [0.05, 0.1) is 0 Å². The van der Waals surface area contributed by atoms with Crippen LogP contribution >= 0.6 is 0 Å². The van der Waals surface area contributed by atoms with Gasteiger partial charge in [0, 0.05) is 0 Å². The molecule has 2 aromatic rings. The molecule has 0 spiro atoms. The average molecular weight is 435 g/mol. The van der Waals surface area contributed by atoms with Crippen LogP contribution in [0.3, 0.4) is 0 Å². The minimum atomic E-state index is 0. The largest absolute Gasteiger partial charge is 1.00 e. The molecule has 0 amide bonds. The smallest absolute Gasteiger partial charge is 0.0253 e. The molecule has 26 heavy (non-hydrogen) atoms. The van der Waals surface area contributed by atoms with Gasteiger partial charge in [0.25, 0.3) is 0 Å². The van der Waals surface area contributed by atoms with Gasteiger partial charge in [-0.05, 0) is 6.42 Å². The van der Waals surface area contributed by atoms with E-state index in [0.717, 1.165) is 6.42 Å². The molecule has 0 fully saturated rings. The molecule has 4 rings (SSSR count). The zero-order chi connectivity index (χ0) is 17.5. The van der Waals surface area contributed by atoms with Gasteiger partial charge in [-0.15, -0.1) is 5.56 Å². The van der Waals surface area contributed by atoms with E-state index < -0.39 is 0 Å². The van der Waals surface area contributed by atoms with Gasteiger partial charge in [0.1, 0.15) is 0 Å². The summed E-state index contributed by atoms with van der Waals surface area (Å²) in [6.07, 6.45) is 8.64. The Hall–Kier alpha value is -0.569. The van der Waals surface area contributed by atoms with Crippen molar-refractivity contribution in [1.82, 2.24) is 0 Å². The summed E-state index contributed by atoms with van der Waals surface area (Å²) in [4.78, 5) is 0. The second-order valence-corrected chi connectivity index (χ2v) is 13.1. The van der Waals surface area contributed by atoms with Crippen LogP contribution in [0.25, 0.3) is 11.1 Å². The average Bonchev–Trinajstić information content (AvgIpc) is 3.10. The van der Waals surface area contributed by atoms with Crippen molar-refractivity contribution >= 4 is 6.19 Å². The molecule has 1 unspecified atom stereocenters. The summed E-state index contributed by atoms with van der Waals surface area (Å²) in [5.41, 5.74) is 6.78. The van der Waals surface area contributed by atoms with E-state index in [2.05, 4.69) is 107 Å². The standard InChI is InChI=1S/C13H9.C7H9.C2H6Si.2ClH.Ti/c1-3-7-12-10(5-1)9-11-6-2-4-8-13(11)12;1-6-3-4-7(2)5-6;1-3-2;;;/h1-5,7-8H,9H2;3-4,6H,1-2H3;1-2H3;2*1H;/q2*-1;;;;+2/p-2. The molecule has 0 nitrogen and oxygen atoms in total. The number of allylic oxidation sites excluding steroid dienone is 4. The summed E-state index contributed by atoms with van der Waals surface area (Å²) in [5, 5.41) is 0. The third-order valence-electron chi connectivity index (χ3n) is 3.71. The van der Waals surface area contributed by atoms with Crippen LogP contribution in [0.1, 0.15) is 25.0 Å². The van der Waals surface area contributed by atoms with Crippen LogP contribution in [0.4, 0.5) is 0 Å². The first-order chi connectivity index (χ1) is 11.5. The van der Waals surface area contributed by atoms with E-state index in [9.17, 15) is 0 Å². The van der Waals surface area contributed by atoms with Gasteiger partial charge < -0.3 is 24.8 Å². The van der Waals surface area contributed by atoms with E-state index in [1.165, 1.54) is 27.8 Å². The molecule has 0 saturated carbocycles. The number of halogens is 2. The third kappa shape index (κ3) is 7.98. The molecule has 0 N–H and O–H groups in total. The Bertz CT molecular complexity index is 734. The normalized spacial score (nSPS) is 14.8. The Morgan fingerprint density at radius 3 is 2.19 bits per heavy atom. The minimum absolute atomic E-state index is 0. The van der Waals surface area contributed by atoms with Crippen LogP contribution in [-0.4, -0.2) is 6.19 Å². The molecule has 136 valence electrons. The number of fused-ring (bicyclic) bond motifs is 3. The van der Waals surface area contributed by atoms with E-state index in [1.54, 1.807) is 0 Å². The molecule has 0 aromatic heterocycles. The third-order valence-corrected chi connectivity index (χ3v) is 3.71. The van der Waals surface area contributed by atoms with Crippen molar-refractivity contribution < 1.29 is 44.0 Å². The van der Waals surface area contributed by atoms with Crippen molar-refractivity contribution in [3.05, 3.63) is 83.5 Å². The summed E-state index contributed by atoms with van der Waals surface area (Å²) in [7, 11) is 0. The quantitative estimate of drug-likeness (QED) is 0.339. The molecule has 0 radical (unpaired) electrons. The van der Waals surface area contributed by atoms with Gasteiger partial charge in [0.2, 0.25) is 0 Å². The fourth-order valence-corrected chi connectivity index (χ4v) is 2.74. The van der Waals surface area contributed by atoms with E-state index >= 15 is 0 Å². The van der Waals surface area contributed by atoms with Crippen molar-refractivity contribution in [3.8, 4) is 11.1 Å². The Morgan fingerprint density at radius 2 is 1.65 bits per heavy atom. The molecular formula is C22H24Cl2SiTi-2. The maximum Gasteiger partial charge on any atom is -0.0253 e. The predicted molar refractivity (Wildman–Crippen MR) is 102 cm³/mol. The number of benzene rings is 2. The zero-order valence-corrected chi connectivity index (χ0v) is 19.8. The van der Waals surface area contributed by atoms with Gasteiger partial charge in [-0.2, -0.15) is 35.9 Å². The van der Waals surface area contributed by atoms with Gasteiger partial charge in [0.15, 0.2) is 0 Å². The topological polar surface area (TPSA) is 0 Å². The molecule has 4 heteroatoms. The van der Waals surface area contributed by atoms with Crippen molar-refractivity contribution in [2.75, 3.05) is 0 Å². The monoisotopic (exact) mass is 434 g/mol. The SMILES string of the molecule is CC1=[C-]C(C)C=C1.C[Si](C)=[Ti+2].[Cl-].[Cl-].[c-]1cccc2c1Cc1ccccc1-2. The molecule has 2 aliphatic carbocycles. The van der Waals surface area contributed by atoms with E-state index in [0.29, 0.717) is 5.92 Å². The summed E-state index contributed by atoms with van der Waals surface area (Å²) >= 11 is 2.27. The number of hydrogen-bond acceptors (Lipinski definition) is 0. The van der Waals surface area contributed by atoms with Crippen LogP contribution in [0.5, 0.6) is 0 Å². The zero-order valence-electron chi connectivity index (χ0n) is 15.7.